The fourth-order valence-electron chi connectivity index (χ4n) is 1.98. The van der Waals surface area contributed by atoms with Crippen LogP contribution in [0.1, 0.15) is 72.0 Å². The average Bonchev–Trinajstić information content (AvgIpc) is 2.93. The smallest absolute Gasteiger partial charge is 0.216 e. The van der Waals surface area contributed by atoms with Crippen LogP contribution in [0.25, 0.3) is 0 Å². The van der Waals surface area contributed by atoms with Crippen molar-refractivity contribution in [2.24, 2.45) is 4.99 Å². The number of hydrogen-bond acceptors (Lipinski definition) is 3. The molecule has 0 aliphatic carbocycles. The molecule has 0 unspecified atom stereocenters. The van der Waals surface area contributed by atoms with Gasteiger partial charge in [0.25, 0.3) is 0 Å². The van der Waals surface area contributed by atoms with Crippen molar-refractivity contribution in [3.63, 3.8) is 0 Å². The molecule has 1 aromatic rings. The highest BCUT2D eigenvalue weighted by Crippen LogP contribution is 2.22. The van der Waals surface area contributed by atoms with Gasteiger partial charge in [-0.15, -0.1) is 0 Å². The second-order valence-electron chi connectivity index (χ2n) is 6.55. The van der Waals surface area contributed by atoms with Crippen molar-refractivity contribution < 1.29 is 4.42 Å². The Kier molecular flexibility index (Phi) is 7.99. The van der Waals surface area contributed by atoms with E-state index in [4.69, 9.17) is 4.42 Å². The lowest BCUT2D eigenvalue weighted by molar-refractivity contribution is 0.383. The van der Waals surface area contributed by atoms with Gasteiger partial charge in [-0.1, -0.05) is 47.0 Å². The number of unbranched alkanes of at least 4 members (excludes halogenated alkanes) is 3. The highest BCUT2D eigenvalue weighted by Gasteiger charge is 2.18. The maximum absolute atomic E-state index is 5.76. The Morgan fingerprint density at radius 3 is 2.55 bits per heavy atom. The third-order valence-corrected chi connectivity index (χ3v) is 3.33. The predicted molar refractivity (Wildman–Crippen MR) is 92.2 cm³/mol. The topological polar surface area (TPSA) is 62.5 Å². The number of aromatic nitrogens is 1. The van der Waals surface area contributed by atoms with Crippen LogP contribution in [-0.2, 0) is 12.0 Å². The Morgan fingerprint density at radius 2 is 1.95 bits per heavy atom. The Morgan fingerprint density at radius 1 is 1.18 bits per heavy atom. The van der Waals surface area contributed by atoms with Crippen LogP contribution in [0, 0.1) is 0 Å². The molecule has 2 N–H and O–H groups in total. The minimum absolute atomic E-state index is 0.0169. The molecular formula is C17H32N4O. The molecule has 0 saturated carbocycles. The summed E-state index contributed by atoms with van der Waals surface area (Å²) in [6.45, 7) is 12.9. The minimum atomic E-state index is -0.0169. The van der Waals surface area contributed by atoms with Crippen LogP contribution in [0.3, 0.4) is 0 Å². The highest BCUT2D eigenvalue weighted by molar-refractivity contribution is 5.79. The Labute approximate surface area is 135 Å². The van der Waals surface area contributed by atoms with Crippen molar-refractivity contribution in [3.05, 3.63) is 17.8 Å². The van der Waals surface area contributed by atoms with Crippen LogP contribution in [0.4, 0.5) is 0 Å². The summed E-state index contributed by atoms with van der Waals surface area (Å²) in [5, 5.41) is 6.61. The molecule has 1 heterocycles. The molecule has 0 atom stereocenters. The molecule has 0 aromatic carbocycles. The van der Waals surface area contributed by atoms with E-state index >= 15 is 0 Å². The summed E-state index contributed by atoms with van der Waals surface area (Å²) in [5.74, 6) is 2.39. The molecule has 1 aromatic heterocycles. The molecule has 0 saturated heterocycles. The Hall–Kier alpha value is -1.52. The monoisotopic (exact) mass is 308 g/mol. The Bertz CT molecular complexity index is 446. The first kappa shape index (κ1) is 18.5. The molecule has 0 spiro atoms. The van der Waals surface area contributed by atoms with Gasteiger partial charge >= 0.3 is 0 Å². The van der Waals surface area contributed by atoms with Crippen molar-refractivity contribution in [1.29, 1.82) is 0 Å². The van der Waals surface area contributed by atoms with Crippen molar-refractivity contribution in [1.82, 2.24) is 15.6 Å². The van der Waals surface area contributed by atoms with Crippen molar-refractivity contribution >= 4 is 5.96 Å². The molecule has 0 amide bonds. The van der Waals surface area contributed by atoms with E-state index in [2.05, 4.69) is 55.2 Å². The largest absolute Gasteiger partial charge is 0.443 e. The van der Waals surface area contributed by atoms with Crippen LogP contribution in [-0.4, -0.2) is 24.0 Å². The average molecular weight is 308 g/mol. The molecular weight excluding hydrogens is 276 g/mol. The maximum Gasteiger partial charge on any atom is 0.216 e. The quantitative estimate of drug-likeness (QED) is 0.437. The summed E-state index contributed by atoms with van der Waals surface area (Å²) in [6.07, 6.45) is 6.79. The van der Waals surface area contributed by atoms with Crippen molar-refractivity contribution in [3.8, 4) is 0 Å². The van der Waals surface area contributed by atoms with Gasteiger partial charge in [0.05, 0.1) is 6.20 Å². The summed E-state index contributed by atoms with van der Waals surface area (Å²) >= 11 is 0. The number of nitrogens with one attached hydrogen (secondary N) is 2. The molecule has 0 radical (unpaired) electrons. The zero-order valence-corrected chi connectivity index (χ0v) is 14.8. The first-order chi connectivity index (χ1) is 10.5. The van der Waals surface area contributed by atoms with Gasteiger partial charge in [-0.05, 0) is 13.3 Å². The number of nitrogens with zero attached hydrogens (tertiary/aromatic N) is 2. The molecule has 0 aliphatic heterocycles. The number of hydrogen-bond donors (Lipinski definition) is 2. The summed E-state index contributed by atoms with van der Waals surface area (Å²) in [7, 11) is 0. The lowest BCUT2D eigenvalue weighted by Gasteiger charge is -2.13. The zero-order chi connectivity index (χ0) is 16.4. The molecule has 0 bridgehead atoms. The van der Waals surface area contributed by atoms with E-state index in [-0.39, 0.29) is 5.41 Å². The van der Waals surface area contributed by atoms with E-state index in [1.165, 1.54) is 25.7 Å². The summed E-state index contributed by atoms with van der Waals surface area (Å²) in [4.78, 5) is 8.84. The fourth-order valence-corrected chi connectivity index (χ4v) is 1.98. The summed E-state index contributed by atoms with van der Waals surface area (Å²) < 4.78 is 5.76. The van der Waals surface area contributed by atoms with Gasteiger partial charge in [0.1, 0.15) is 12.3 Å². The second kappa shape index (κ2) is 9.49. The zero-order valence-electron chi connectivity index (χ0n) is 14.8. The lowest BCUT2D eigenvalue weighted by Crippen LogP contribution is -2.37. The lowest BCUT2D eigenvalue weighted by atomic mass is 9.94. The number of oxazole rings is 1. The van der Waals surface area contributed by atoms with Gasteiger partial charge in [-0.2, -0.15) is 0 Å². The fraction of sp³-hybridized carbons (Fsp3) is 0.765. The normalized spacial score (nSPS) is 12.5. The molecule has 126 valence electrons. The maximum atomic E-state index is 5.76. The van der Waals surface area contributed by atoms with Crippen LogP contribution < -0.4 is 10.6 Å². The SMILES string of the molecule is CCCCCCNC(=NCc1ncc(C(C)(C)C)o1)NCC. The molecule has 1 rings (SSSR count). The molecule has 5 nitrogen and oxygen atoms in total. The molecule has 0 fully saturated rings. The van der Waals surface area contributed by atoms with E-state index in [1.807, 2.05) is 0 Å². The minimum Gasteiger partial charge on any atom is -0.443 e. The third-order valence-electron chi connectivity index (χ3n) is 3.33. The molecule has 5 heteroatoms. The van der Waals surface area contributed by atoms with Crippen LogP contribution in [0.2, 0.25) is 0 Å². The third kappa shape index (κ3) is 6.96. The predicted octanol–water partition coefficient (Wildman–Crippen LogP) is 3.61. The molecule has 22 heavy (non-hydrogen) atoms. The number of aliphatic imine (C=N–C) groups is 1. The van der Waals surface area contributed by atoms with E-state index < -0.39 is 0 Å². The van der Waals surface area contributed by atoms with Crippen LogP contribution in [0.5, 0.6) is 0 Å². The van der Waals surface area contributed by atoms with E-state index in [0.29, 0.717) is 12.4 Å². The van der Waals surface area contributed by atoms with Gasteiger partial charge in [0.15, 0.2) is 5.96 Å². The summed E-state index contributed by atoms with van der Waals surface area (Å²) in [5.41, 5.74) is -0.0169. The van der Waals surface area contributed by atoms with E-state index in [9.17, 15) is 0 Å². The standard InChI is InChI=1S/C17H32N4O/c1-6-8-9-10-11-19-16(18-7-2)21-13-15-20-12-14(22-15)17(3,4)5/h12H,6-11,13H2,1-5H3,(H2,18,19,21). The van der Waals surface area contributed by atoms with E-state index in [1.54, 1.807) is 6.20 Å². The van der Waals surface area contributed by atoms with Gasteiger partial charge < -0.3 is 15.1 Å². The van der Waals surface area contributed by atoms with Crippen LogP contribution in [0.15, 0.2) is 15.6 Å². The van der Waals surface area contributed by atoms with Crippen molar-refractivity contribution in [2.45, 2.75) is 72.3 Å². The first-order valence-corrected chi connectivity index (χ1v) is 8.44. The van der Waals surface area contributed by atoms with Crippen LogP contribution >= 0.6 is 0 Å². The second-order valence-corrected chi connectivity index (χ2v) is 6.55. The van der Waals surface area contributed by atoms with E-state index in [0.717, 1.165) is 24.8 Å². The van der Waals surface area contributed by atoms with Crippen molar-refractivity contribution in [2.75, 3.05) is 13.1 Å². The number of guanidine groups is 1. The Balaban J connectivity index is 2.49. The molecule has 0 aliphatic rings. The first-order valence-electron chi connectivity index (χ1n) is 8.44. The summed E-state index contributed by atoms with van der Waals surface area (Å²) in [6, 6.07) is 0. The van der Waals surface area contributed by atoms with Gasteiger partial charge in [0, 0.05) is 18.5 Å². The van der Waals surface area contributed by atoms with Gasteiger partial charge in [0.2, 0.25) is 5.89 Å². The van der Waals surface area contributed by atoms with Gasteiger partial charge in [-0.3, -0.25) is 0 Å². The number of rotatable bonds is 8. The van der Waals surface area contributed by atoms with Gasteiger partial charge in [-0.25, -0.2) is 9.98 Å². The highest BCUT2D eigenvalue weighted by atomic mass is 16.4.